The van der Waals surface area contributed by atoms with Gasteiger partial charge in [-0.25, -0.2) is 4.79 Å². The van der Waals surface area contributed by atoms with Crippen molar-refractivity contribution in [3.63, 3.8) is 0 Å². The van der Waals surface area contributed by atoms with Gasteiger partial charge in [0.2, 0.25) is 5.91 Å². The van der Waals surface area contributed by atoms with Gasteiger partial charge in [0.25, 0.3) is 0 Å². The first-order chi connectivity index (χ1) is 18.0. The summed E-state index contributed by atoms with van der Waals surface area (Å²) in [5.41, 5.74) is 2.55. The van der Waals surface area contributed by atoms with Crippen LogP contribution in [0.1, 0.15) is 13.8 Å². The number of carbonyl (C=O) groups is 2. The number of alkyl halides is 3. The van der Waals surface area contributed by atoms with E-state index in [4.69, 9.17) is 19.2 Å². The number of hydrogen-bond acceptors (Lipinski definition) is 8. The number of aliphatic carboxylic acids is 1. The van der Waals surface area contributed by atoms with Crippen LogP contribution >= 0.6 is 0 Å². The third kappa shape index (κ3) is 7.16. The Bertz CT molecular complexity index is 1270. The van der Waals surface area contributed by atoms with Crippen LogP contribution in [0.5, 0.6) is 11.5 Å². The predicted octanol–water partition coefficient (Wildman–Crippen LogP) is 4.11. The minimum absolute atomic E-state index is 0.0974. The Labute approximate surface area is 216 Å². The van der Waals surface area contributed by atoms with Crippen LogP contribution in [0.4, 0.5) is 24.7 Å². The van der Waals surface area contributed by atoms with E-state index in [2.05, 4.69) is 20.7 Å². The quantitative estimate of drug-likeness (QED) is 0.367. The average Bonchev–Trinajstić information content (AvgIpc) is 3.36. The molecule has 0 spiro atoms. The largest absolute Gasteiger partial charge is 0.507 e. The number of phenols is 1. The summed E-state index contributed by atoms with van der Waals surface area (Å²) in [5, 5.41) is 28.4. The van der Waals surface area contributed by atoms with Gasteiger partial charge in [0.15, 0.2) is 11.6 Å². The monoisotopic (exact) mass is 536 g/mol. The second-order valence-electron chi connectivity index (χ2n) is 8.12. The number of carbonyl (C=O) groups excluding carboxylic acids is 1. The third-order valence-electron chi connectivity index (χ3n) is 5.39. The Morgan fingerprint density at radius 2 is 1.82 bits per heavy atom. The molecule has 1 aromatic heterocycles. The smallest absolute Gasteiger partial charge is 0.490 e. The zero-order valence-corrected chi connectivity index (χ0v) is 20.6. The number of amides is 1. The van der Waals surface area contributed by atoms with Crippen LogP contribution in [0.25, 0.3) is 22.5 Å². The maximum atomic E-state index is 11.5. The highest BCUT2D eigenvalue weighted by molar-refractivity contribution is 5.91. The molecule has 0 atom stereocenters. The van der Waals surface area contributed by atoms with Crippen LogP contribution in [0.3, 0.4) is 0 Å². The van der Waals surface area contributed by atoms with Gasteiger partial charge in [-0.15, -0.1) is 0 Å². The minimum Gasteiger partial charge on any atom is -0.507 e. The molecule has 10 nitrogen and oxygen atoms in total. The number of halogens is 3. The SMILES string of the molecule is CCOc1cc(-c2cccc(-c3cc(N4CCNCC4)no3)c2O)ccc1NC(C)=O.O=C(O)C(F)(F)F. The number of phenolic OH excluding ortho intramolecular Hbond substituents is 1. The lowest BCUT2D eigenvalue weighted by Gasteiger charge is -2.26. The maximum Gasteiger partial charge on any atom is 0.490 e. The molecule has 1 fully saturated rings. The highest BCUT2D eigenvalue weighted by atomic mass is 19.4. The second-order valence-corrected chi connectivity index (χ2v) is 8.12. The highest BCUT2D eigenvalue weighted by Gasteiger charge is 2.38. The number of nitrogens with zero attached hydrogens (tertiary/aromatic N) is 2. The van der Waals surface area contributed by atoms with Crippen LogP contribution in [-0.4, -0.2) is 66.2 Å². The summed E-state index contributed by atoms with van der Waals surface area (Å²) in [6.45, 7) is 7.30. The molecule has 13 heteroatoms. The number of para-hydroxylation sites is 1. The maximum absolute atomic E-state index is 11.5. The number of carboxylic acid groups (broad SMARTS) is 1. The van der Waals surface area contributed by atoms with Crippen LogP contribution in [0.2, 0.25) is 0 Å². The van der Waals surface area contributed by atoms with Crippen molar-refractivity contribution < 1.29 is 42.2 Å². The lowest BCUT2D eigenvalue weighted by molar-refractivity contribution is -0.192. The third-order valence-corrected chi connectivity index (χ3v) is 5.39. The summed E-state index contributed by atoms with van der Waals surface area (Å²) in [6, 6.07) is 12.8. The van der Waals surface area contributed by atoms with Crippen LogP contribution in [0, 0.1) is 0 Å². The lowest BCUT2D eigenvalue weighted by atomic mass is 9.99. The van der Waals surface area contributed by atoms with E-state index in [9.17, 15) is 23.1 Å². The molecule has 204 valence electrons. The van der Waals surface area contributed by atoms with Gasteiger partial charge in [-0.3, -0.25) is 4.79 Å². The van der Waals surface area contributed by atoms with Crippen LogP contribution in [-0.2, 0) is 9.59 Å². The molecule has 1 aliphatic rings. The molecule has 1 saturated heterocycles. The van der Waals surface area contributed by atoms with E-state index in [-0.39, 0.29) is 11.7 Å². The number of aromatic nitrogens is 1. The van der Waals surface area contributed by atoms with Crippen molar-refractivity contribution in [3.05, 3.63) is 42.5 Å². The average molecular weight is 537 g/mol. The summed E-state index contributed by atoms with van der Waals surface area (Å²) in [7, 11) is 0. The van der Waals surface area contributed by atoms with Crippen molar-refractivity contribution >= 4 is 23.4 Å². The Balaban J connectivity index is 0.000000505. The van der Waals surface area contributed by atoms with Gasteiger partial charge in [-0.2, -0.15) is 13.2 Å². The van der Waals surface area contributed by atoms with Crippen LogP contribution < -0.4 is 20.3 Å². The second kappa shape index (κ2) is 12.3. The van der Waals surface area contributed by atoms with Crippen molar-refractivity contribution in [2.45, 2.75) is 20.0 Å². The molecular weight excluding hydrogens is 509 g/mol. The molecule has 2 heterocycles. The molecule has 3 aromatic rings. The number of ether oxygens (including phenoxy) is 1. The molecule has 4 rings (SSSR count). The number of aromatic hydroxyl groups is 1. The Morgan fingerprint density at radius 1 is 1.16 bits per heavy atom. The van der Waals surface area contributed by atoms with E-state index >= 15 is 0 Å². The Morgan fingerprint density at radius 3 is 2.42 bits per heavy atom. The van der Waals surface area contributed by atoms with Gasteiger partial charge in [0.1, 0.15) is 11.5 Å². The number of carboxylic acids is 1. The molecule has 38 heavy (non-hydrogen) atoms. The van der Waals surface area contributed by atoms with Gasteiger partial charge in [-0.05, 0) is 30.7 Å². The number of rotatable bonds is 6. The number of hydrogen-bond donors (Lipinski definition) is 4. The van der Waals surface area contributed by atoms with Crippen molar-refractivity contribution in [2.24, 2.45) is 0 Å². The standard InChI is InChI=1S/C23H26N4O4.C2HF3O2/c1-3-30-21-13-16(7-8-19(21)25-15(2)28)17-5-4-6-18(23(17)29)20-14-22(26-31-20)27-11-9-24-10-12-27;3-2(4,5)1(6)7/h4-8,13-14,24,29H,3,9-12H2,1-2H3,(H,25,28);(H,6,7). The van der Waals surface area contributed by atoms with E-state index < -0.39 is 12.1 Å². The lowest BCUT2D eigenvalue weighted by Crippen LogP contribution is -2.43. The molecule has 2 aromatic carbocycles. The van der Waals surface area contributed by atoms with E-state index in [0.29, 0.717) is 34.9 Å². The fraction of sp³-hybridized carbons (Fsp3) is 0.320. The first-order valence-corrected chi connectivity index (χ1v) is 11.6. The molecule has 0 aliphatic carbocycles. The predicted molar refractivity (Wildman–Crippen MR) is 133 cm³/mol. The van der Waals surface area contributed by atoms with E-state index in [0.717, 1.165) is 37.6 Å². The minimum atomic E-state index is -5.08. The molecule has 0 unspecified atom stereocenters. The molecule has 1 aliphatic heterocycles. The summed E-state index contributed by atoms with van der Waals surface area (Å²) >= 11 is 0. The summed E-state index contributed by atoms with van der Waals surface area (Å²) in [6.07, 6.45) is -5.08. The van der Waals surface area contributed by atoms with E-state index in [1.807, 2.05) is 31.2 Å². The zero-order chi connectivity index (χ0) is 27.9. The van der Waals surface area contributed by atoms with Crippen molar-refractivity contribution in [3.8, 4) is 33.9 Å². The molecule has 0 radical (unpaired) electrons. The molecule has 1 amide bonds. The summed E-state index contributed by atoms with van der Waals surface area (Å²) in [5.74, 6) is -1.02. The van der Waals surface area contributed by atoms with Gasteiger partial charge >= 0.3 is 12.1 Å². The van der Waals surface area contributed by atoms with E-state index in [1.54, 1.807) is 18.2 Å². The molecule has 0 saturated carbocycles. The Kier molecular flexibility index (Phi) is 9.18. The molecular formula is C25H27F3N4O6. The number of piperazine rings is 1. The molecule has 4 N–H and O–H groups in total. The summed E-state index contributed by atoms with van der Waals surface area (Å²) < 4.78 is 43.0. The fourth-order valence-electron chi connectivity index (χ4n) is 3.67. The van der Waals surface area contributed by atoms with Crippen molar-refractivity contribution in [1.82, 2.24) is 10.5 Å². The van der Waals surface area contributed by atoms with Crippen LogP contribution in [0.15, 0.2) is 47.0 Å². The fourth-order valence-corrected chi connectivity index (χ4v) is 3.67. The Hall–Kier alpha value is -4.26. The normalized spacial score (nSPS) is 13.3. The first kappa shape index (κ1) is 28.3. The first-order valence-electron chi connectivity index (χ1n) is 11.6. The number of nitrogens with one attached hydrogen (secondary N) is 2. The number of anilines is 2. The number of benzene rings is 2. The highest BCUT2D eigenvalue weighted by Crippen LogP contribution is 2.41. The van der Waals surface area contributed by atoms with Gasteiger partial charge in [-0.1, -0.05) is 23.4 Å². The molecule has 0 bridgehead atoms. The van der Waals surface area contributed by atoms with Crippen molar-refractivity contribution in [1.29, 1.82) is 0 Å². The van der Waals surface area contributed by atoms with Gasteiger partial charge in [0, 0.05) is 44.7 Å². The summed E-state index contributed by atoms with van der Waals surface area (Å²) in [4.78, 5) is 22.5. The topological polar surface area (TPSA) is 137 Å². The van der Waals surface area contributed by atoms with Gasteiger partial charge in [0.05, 0.1) is 17.9 Å². The van der Waals surface area contributed by atoms with E-state index in [1.165, 1.54) is 6.92 Å². The van der Waals surface area contributed by atoms with Gasteiger partial charge < -0.3 is 35.0 Å². The van der Waals surface area contributed by atoms with Crippen molar-refractivity contribution in [2.75, 3.05) is 43.0 Å². The zero-order valence-electron chi connectivity index (χ0n) is 20.6.